The molecule has 0 spiro atoms. The molecule has 0 aliphatic heterocycles. The van der Waals surface area contributed by atoms with Gasteiger partial charge in [-0.2, -0.15) is 0 Å². The molecule has 0 aromatic heterocycles. The summed E-state index contributed by atoms with van der Waals surface area (Å²) in [7, 11) is 1.51. The van der Waals surface area contributed by atoms with Crippen molar-refractivity contribution in [3.05, 3.63) is 106 Å². The Balaban J connectivity index is 1.95. The first kappa shape index (κ1) is 42.8. The van der Waals surface area contributed by atoms with E-state index in [0.29, 0.717) is 30.8 Å². The molecule has 2 atom stereocenters. The number of amides is 2. The van der Waals surface area contributed by atoms with E-state index in [1.165, 1.54) is 19.2 Å². The maximum absolute atomic E-state index is 14.4. The highest BCUT2D eigenvalue weighted by Crippen LogP contribution is 2.17. The molecule has 0 aliphatic rings. The monoisotopic (exact) mass is 733 g/mol. The van der Waals surface area contributed by atoms with E-state index < -0.39 is 35.7 Å². The zero-order chi connectivity index (χ0) is 38.6. The SMILES string of the molecule is CCCC#Cc1cccc(CNC[C@@H](OC(=O)COCCOC)[C@H](Cc2cc(F)cc(F)c2)NC(=O)c2cc(C)cc(C(=O)N(CCC)CCC)c2)c1. The molecule has 3 rings (SSSR count). The second-order valence-corrected chi connectivity index (χ2v) is 12.9. The number of rotatable bonds is 21. The van der Waals surface area contributed by atoms with E-state index in [4.69, 9.17) is 14.2 Å². The van der Waals surface area contributed by atoms with E-state index in [-0.39, 0.29) is 49.8 Å². The molecule has 286 valence electrons. The van der Waals surface area contributed by atoms with Crippen molar-refractivity contribution in [1.29, 1.82) is 0 Å². The summed E-state index contributed by atoms with van der Waals surface area (Å²) in [5.74, 6) is 3.33. The number of nitrogens with zero attached hydrogens (tertiary/aromatic N) is 1. The van der Waals surface area contributed by atoms with Crippen molar-refractivity contribution in [1.82, 2.24) is 15.5 Å². The quantitative estimate of drug-likeness (QED) is 0.0743. The molecule has 0 saturated carbocycles. The average molecular weight is 734 g/mol. The maximum atomic E-state index is 14.4. The first-order valence-electron chi connectivity index (χ1n) is 18.3. The van der Waals surface area contributed by atoms with Gasteiger partial charge in [-0.15, -0.1) is 0 Å². The van der Waals surface area contributed by atoms with Crippen molar-refractivity contribution in [2.45, 2.75) is 78.5 Å². The Bertz CT molecular complexity index is 1680. The fraction of sp³-hybridized carbons (Fsp3) is 0.452. The van der Waals surface area contributed by atoms with Crippen molar-refractivity contribution >= 4 is 17.8 Å². The van der Waals surface area contributed by atoms with E-state index >= 15 is 0 Å². The van der Waals surface area contributed by atoms with Gasteiger partial charge in [-0.1, -0.05) is 44.7 Å². The van der Waals surface area contributed by atoms with Crippen LogP contribution in [0.3, 0.4) is 0 Å². The van der Waals surface area contributed by atoms with Crippen molar-refractivity contribution in [3.63, 3.8) is 0 Å². The lowest BCUT2D eigenvalue weighted by Crippen LogP contribution is -2.51. The third-order valence-electron chi connectivity index (χ3n) is 8.15. The summed E-state index contributed by atoms with van der Waals surface area (Å²) >= 11 is 0. The van der Waals surface area contributed by atoms with Crippen LogP contribution in [0.2, 0.25) is 0 Å². The van der Waals surface area contributed by atoms with Gasteiger partial charge in [0.15, 0.2) is 0 Å². The fourth-order valence-corrected chi connectivity index (χ4v) is 5.76. The van der Waals surface area contributed by atoms with Gasteiger partial charge in [-0.05, 0) is 91.8 Å². The zero-order valence-corrected chi connectivity index (χ0v) is 31.6. The number of hydrogen-bond acceptors (Lipinski definition) is 7. The zero-order valence-electron chi connectivity index (χ0n) is 31.6. The average Bonchev–Trinajstić information content (AvgIpc) is 3.12. The lowest BCUT2D eigenvalue weighted by atomic mass is 9.99. The van der Waals surface area contributed by atoms with Crippen molar-refractivity contribution in [2.24, 2.45) is 0 Å². The van der Waals surface area contributed by atoms with Gasteiger partial charge in [0.05, 0.1) is 19.3 Å². The summed E-state index contributed by atoms with van der Waals surface area (Å²) in [5, 5.41) is 6.27. The Morgan fingerprint density at radius 1 is 0.868 bits per heavy atom. The van der Waals surface area contributed by atoms with Gasteiger partial charge in [0.1, 0.15) is 24.3 Å². The number of carbonyl (C=O) groups excluding carboxylic acids is 3. The normalized spacial score (nSPS) is 12.0. The molecule has 2 amide bonds. The van der Waals surface area contributed by atoms with Crippen molar-refractivity contribution in [3.8, 4) is 11.8 Å². The summed E-state index contributed by atoms with van der Waals surface area (Å²) < 4.78 is 45.0. The van der Waals surface area contributed by atoms with Crippen LogP contribution in [0.1, 0.15) is 89.4 Å². The molecule has 3 aromatic carbocycles. The van der Waals surface area contributed by atoms with Crippen LogP contribution in [0.25, 0.3) is 0 Å². The van der Waals surface area contributed by atoms with E-state index in [2.05, 4.69) is 29.4 Å². The lowest BCUT2D eigenvalue weighted by Gasteiger charge is -2.29. The number of unbranched alkanes of at least 4 members (excludes halogenated alkanes) is 1. The van der Waals surface area contributed by atoms with Crippen LogP contribution >= 0.6 is 0 Å². The molecular weight excluding hydrogens is 680 g/mol. The Kier molecular flexibility index (Phi) is 18.7. The molecule has 9 nitrogen and oxygen atoms in total. The van der Waals surface area contributed by atoms with Gasteiger partial charge in [0, 0.05) is 62.5 Å². The molecule has 0 fully saturated rings. The Labute approximate surface area is 312 Å². The minimum atomic E-state index is -1.01. The van der Waals surface area contributed by atoms with Gasteiger partial charge in [-0.25, -0.2) is 13.6 Å². The minimum Gasteiger partial charge on any atom is -0.457 e. The molecule has 0 radical (unpaired) electrons. The Morgan fingerprint density at radius 2 is 1.58 bits per heavy atom. The number of halogens is 2. The van der Waals surface area contributed by atoms with Crippen LogP contribution in [0.15, 0.2) is 60.7 Å². The highest BCUT2D eigenvalue weighted by atomic mass is 19.1. The molecule has 3 aromatic rings. The highest BCUT2D eigenvalue weighted by Gasteiger charge is 2.29. The standard InChI is InChI=1S/C42H53F2N3O6/c1-6-9-10-12-31-13-11-14-32(21-31)27-45-28-39(53-40(48)29-52-18-17-51-5)38(24-33-22-36(43)26-37(44)23-33)46-41(49)34-19-30(4)20-35(25-34)42(50)47(15-7-2)16-8-3/h11,13-14,19-23,25-26,38-39,45H,6-9,15-18,24,27-29H2,1-5H3,(H,46,49)/t38-,39+/m0/s1. The Morgan fingerprint density at radius 3 is 2.26 bits per heavy atom. The van der Waals surface area contributed by atoms with E-state index in [1.807, 2.05) is 38.1 Å². The molecule has 0 heterocycles. The number of methoxy groups -OCH3 is 1. The molecule has 0 bridgehead atoms. The number of carbonyl (C=O) groups is 3. The fourth-order valence-electron chi connectivity index (χ4n) is 5.76. The summed E-state index contributed by atoms with van der Waals surface area (Å²) in [6, 6.07) is 14.8. The molecular formula is C42H53F2N3O6. The summed E-state index contributed by atoms with van der Waals surface area (Å²) in [6.07, 6.45) is 2.25. The van der Waals surface area contributed by atoms with Gasteiger partial charge in [-0.3, -0.25) is 9.59 Å². The van der Waals surface area contributed by atoms with E-state index in [9.17, 15) is 23.2 Å². The molecule has 0 unspecified atom stereocenters. The smallest absolute Gasteiger partial charge is 0.332 e. The number of benzene rings is 3. The van der Waals surface area contributed by atoms with Gasteiger partial charge in [0.2, 0.25) is 0 Å². The van der Waals surface area contributed by atoms with Crippen LogP contribution in [0, 0.1) is 30.4 Å². The molecule has 11 heteroatoms. The third-order valence-corrected chi connectivity index (χ3v) is 8.15. The predicted octanol–water partition coefficient (Wildman–Crippen LogP) is 6.39. The first-order valence-corrected chi connectivity index (χ1v) is 18.3. The summed E-state index contributed by atoms with van der Waals surface area (Å²) in [6.45, 7) is 9.55. The Hall–Kier alpha value is -4.63. The predicted molar refractivity (Wildman–Crippen MR) is 201 cm³/mol. The first-order chi connectivity index (χ1) is 25.6. The van der Waals surface area contributed by atoms with Gasteiger partial charge >= 0.3 is 5.97 Å². The van der Waals surface area contributed by atoms with Gasteiger partial charge < -0.3 is 29.7 Å². The topological polar surface area (TPSA) is 106 Å². The largest absolute Gasteiger partial charge is 0.457 e. The van der Waals surface area contributed by atoms with E-state index in [0.717, 1.165) is 42.9 Å². The highest BCUT2D eigenvalue weighted by molar-refractivity contribution is 6.00. The van der Waals surface area contributed by atoms with Crippen molar-refractivity contribution in [2.75, 3.05) is 46.6 Å². The van der Waals surface area contributed by atoms with Crippen LogP contribution < -0.4 is 10.6 Å². The number of ether oxygens (including phenoxy) is 3. The molecule has 53 heavy (non-hydrogen) atoms. The second kappa shape index (κ2) is 23.1. The maximum Gasteiger partial charge on any atom is 0.332 e. The number of aryl methyl sites for hydroxylation is 1. The molecule has 0 aliphatic carbocycles. The number of nitrogens with one attached hydrogen (secondary N) is 2. The van der Waals surface area contributed by atoms with Crippen LogP contribution in [0.5, 0.6) is 0 Å². The van der Waals surface area contributed by atoms with Crippen molar-refractivity contribution < 1.29 is 37.4 Å². The van der Waals surface area contributed by atoms with Crippen LogP contribution in [0.4, 0.5) is 8.78 Å². The number of hydrogen-bond donors (Lipinski definition) is 2. The molecule has 2 N–H and O–H groups in total. The van der Waals surface area contributed by atoms with E-state index in [1.54, 1.807) is 30.0 Å². The lowest BCUT2D eigenvalue weighted by molar-refractivity contribution is -0.156. The van der Waals surface area contributed by atoms with Gasteiger partial charge in [0.25, 0.3) is 11.8 Å². The summed E-state index contributed by atoms with van der Waals surface area (Å²) in [4.78, 5) is 42.3. The van der Waals surface area contributed by atoms with Crippen LogP contribution in [-0.2, 0) is 32.0 Å². The number of esters is 1. The molecule has 0 saturated heterocycles. The summed E-state index contributed by atoms with van der Waals surface area (Å²) in [5.41, 5.74) is 3.36. The third kappa shape index (κ3) is 15.1. The minimum absolute atomic E-state index is 0.0683. The van der Waals surface area contributed by atoms with Crippen LogP contribution in [-0.4, -0.2) is 81.4 Å². The second-order valence-electron chi connectivity index (χ2n) is 12.9.